The smallest absolute Gasteiger partial charge is 0.262 e. The zero-order chi connectivity index (χ0) is 81.0. The van der Waals surface area contributed by atoms with Gasteiger partial charge in [0.15, 0.2) is 28.3 Å². The second kappa shape index (κ2) is 38.6. The Hall–Kier alpha value is -5.60. The number of rotatable bonds is 35. The van der Waals surface area contributed by atoms with Crippen LogP contribution in [0.5, 0.6) is 0 Å². The second-order valence-electron chi connectivity index (χ2n) is 35.8. The third-order valence-corrected chi connectivity index (χ3v) is 46.3. The normalized spacial score (nSPS) is 26.1. The van der Waals surface area contributed by atoms with Crippen LogP contribution in [0.3, 0.4) is 0 Å². The molecule has 6 heterocycles. The van der Waals surface area contributed by atoms with Gasteiger partial charge in [-0.15, -0.1) is 0 Å². The number of allylic oxidation sites excluding steroid dienone is 1. The molecule has 6 aromatic rings. The SMILES string of the molecule is C=C1C[C@H](C[C@@H]2C[C@@H](O[Si](c3ccccc3)(c3ccccc3)C(C)(C)C)C[C@H](c3coc(/C=C/C[C@H]4O[C@@H](/C(C)=C/c5coc(C[C@]6(OC)C[C@H](OC)C[C@H]([C@@H](/C=C(\C)C=O)O[Si](c7ccccc7)(c7ccccc7)C(C)(C)C)O6)n5)[C@H](C)[C@@H](O[Si](CC)(CC)CC)[C@H]4C)n3)O2)O[C@@H](CCO[Si](C(C)C)(C(C)C)C(C)C)C1. The Kier molecular flexibility index (Phi) is 30.6. The molecule has 112 heavy (non-hydrogen) atoms. The van der Waals surface area contributed by atoms with Crippen molar-refractivity contribution in [1.29, 1.82) is 0 Å². The van der Waals surface area contributed by atoms with Crippen molar-refractivity contribution >= 4 is 72.5 Å². The van der Waals surface area contributed by atoms with Crippen LogP contribution in [0.25, 0.3) is 12.2 Å². The summed E-state index contributed by atoms with van der Waals surface area (Å²) in [4.78, 5) is 23.0. The van der Waals surface area contributed by atoms with E-state index in [0.717, 1.165) is 65.3 Å². The number of nitrogens with zero attached hydrogens (tertiary/aromatic N) is 2. The first-order chi connectivity index (χ1) is 53.3. The molecule has 0 N–H and O–H groups in total. The summed E-state index contributed by atoms with van der Waals surface area (Å²) in [6.45, 7) is 48.6. The molecule has 0 bridgehead atoms. The molecule has 0 radical (unpaired) electrons. The van der Waals surface area contributed by atoms with E-state index in [0.29, 0.717) is 84.8 Å². The summed E-state index contributed by atoms with van der Waals surface area (Å²) in [6.07, 6.45) is 15.8. The van der Waals surface area contributed by atoms with Crippen LogP contribution in [-0.4, -0.2) is 137 Å². The number of aldehydes is 1. The van der Waals surface area contributed by atoms with Gasteiger partial charge < -0.3 is 55.0 Å². The summed E-state index contributed by atoms with van der Waals surface area (Å²) in [5.74, 6) is -0.185. The Labute approximate surface area is 676 Å². The maximum atomic E-state index is 12.6. The molecule has 4 aliphatic heterocycles. The molecule has 0 saturated carbocycles. The molecule has 612 valence electrons. The lowest BCUT2D eigenvalue weighted by atomic mass is 9.79. The zero-order valence-corrected chi connectivity index (χ0v) is 75.6. The molecule has 0 unspecified atom stereocenters. The summed E-state index contributed by atoms with van der Waals surface area (Å²) in [5.41, 5.74) is 5.71. The molecule has 0 aliphatic carbocycles. The summed E-state index contributed by atoms with van der Waals surface area (Å²) in [6, 6.07) is 46.0. The molecule has 0 amide bonds. The summed E-state index contributed by atoms with van der Waals surface area (Å²) in [7, 11) is -6.93. The van der Waals surface area contributed by atoms with E-state index < -0.39 is 57.4 Å². The molecule has 19 heteroatoms. The van der Waals surface area contributed by atoms with Crippen molar-refractivity contribution < 1.29 is 59.8 Å². The number of hydrogen-bond acceptors (Lipinski definition) is 15. The van der Waals surface area contributed by atoms with Gasteiger partial charge in [-0.05, 0) is 141 Å². The second-order valence-corrected chi connectivity index (χ2v) is 54.5. The van der Waals surface area contributed by atoms with E-state index in [2.05, 4.69) is 253 Å². The van der Waals surface area contributed by atoms with E-state index in [1.54, 1.807) is 26.7 Å². The molecule has 4 aliphatic rings. The van der Waals surface area contributed by atoms with Crippen molar-refractivity contribution in [2.24, 2.45) is 11.8 Å². The van der Waals surface area contributed by atoms with Crippen LogP contribution in [-0.2, 0) is 57.3 Å². The molecular formula is C93H136N2O13Si4. The van der Waals surface area contributed by atoms with Gasteiger partial charge in [0.1, 0.15) is 36.3 Å². The molecule has 15 nitrogen and oxygen atoms in total. The molecule has 14 atom stereocenters. The van der Waals surface area contributed by atoms with Gasteiger partial charge in [0.2, 0.25) is 5.89 Å². The van der Waals surface area contributed by atoms with Crippen molar-refractivity contribution in [2.75, 3.05) is 20.8 Å². The Morgan fingerprint density at radius 1 is 0.661 bits per heavy atom. The van der Waals surface area contributed by atoms with Crippen molar-refractivity contribution in [1.82, 2.24) is 9.97 Å². The molecule has 4 saturated heterocycles. The highest BCUT2D eigenvalue weighted by atomic mass is 28.4. The highest BCUT2D eigenvalue weighted by Gasteiger charge is 2.56. The van der Waals surface area contributed by atoms with Gasteiger partial charge in [-0.1, -0.05) is 257 Å². The van der Waals surface area contributed by atoms with E-state index in [1.807, 2.05) is 31.2 Å². The van der Waals surface area contributed by atoms with Gasteiger partial charge in [-0.2, -0.15) is 0 Å². The van der Waals surface area contributed by atoms with Crippen LogP contribution in [0.1, 0.15) is 219 Å². The lowest BCUT2D eigenvalue weighted by Gasteiger charge is -2.49. The number of oxazole rings is 2. The van der Waals surface area contributed by atoms with Crippen molar-refractivity contribution in [3.8, 4) is 0 Å². The fourth-order valence-electron chi connectivity index (χ4n) is 19.5. The average molecular weight is 1600 g/mol. The minimum Gasteiger partial charge on any atom is -0.448 e. The van der Waals surface area contributed by atoms with Crippen LogP contribution in [0, 0.1) is 11.8 Å². The van der Waals surface area contributed by atoms with E-state index in [9.17, 15) is 4.79 Å². The van der Waals surface area contributed by atoms with E-state index in [-0.39, 0.29) is 77.2 Å². The number of carbonyl (C=O) groups excluding carboxylic acids is 1. The largest absolute Gasteiger partial charge is 0.448 e. The Bertz CT molecular complexity index is 3910. The molecule has 0 spiro atoms. The van der Waals surface area contributed by atoms with E-state index >= 15 is 0 Å². The van der Waals surface area contributed by atoms with Crippen molar-refractivity contribution in [3.63, 3.8) is 0 Å². The monoisotopic (exact) mass is 1600 g/mol. The van der Waals surface area contributed by atoms with Crippen LogP contribution in [0.4, 0.5) is 0 Å². The zero-order valence-electron chi connectivity index (χ0n) is 71.6. The van der Waals surface area contributed by atoms with Gasteiger partial charge in [-0.3, -0.25) is 4.79 Å². The predicted molar refractivity (Wildman–Crippen MR) is 463 cm³/mol. The predicted octanol–water partition coefficient (Wildman–Crippen LogP) is 20.0. The van der Waals surface area contributed by atoms with Gasteiger partial charge in [0, 0.05) is 58.3 Å². The number of ether oxygens (including phenoxy) is 6. The third kappa shape index (κ3) is 20.1. The minimum absolute atomic E-state index is 0.0225. The average Bonchev–Trinajstić information content (AvgIpc) is 0.778. The Morgan fingerprint density at radius 2 is 1.22 bits per heavy atom. The van der Waals surface area contributed by atoms with Crippen LogP contribution in [0.15, 0.2) is 178 Å². The topological polar surface area (TPSA) is 161 Å². The molecule has 2 aromatic heterocycles. The van der Waals surface area contributed by atoms with Gasteiger partial charge in [0.25, 0.3) is 16.6 Å². The van der Waals surface area contributed by atoms with Crippen LogP contribution >= 0.6 is 0 Å². The van der Waals surface area contributed by atoms with E-state index in [1.165, 1.54) is 15.9 Å². The number of methoxy groups -OCH3 is 2. The molecular weight excluding hydrogens is 1470 g/mol. The van der Waals surface area contributed by atoms with Crippen molar-refractivity contribution in [3.05, 3.63) is 192 Å². The number of benzene rings is 4. The van der Waals surface area contributed by atoms with Crippen LogP contribution < -0.4 is 20.7 Å². The molecule has 10 rings (SSSR count). The molecule has 4 aromatic carbocycles. The fourth-order valence-corrected chi connectivity index (χ4v) is 37.4. The maximum absolute atomic E-state index is 12.6. The first-order valence-corrected chi connectivity index (χ1v) is 50.5. The van der Waals surface area contributed by atoms with Crippen LogP contribution in [0.2, 0.25) is 44.8 Å². The van der Waals surface area contributed by atoms with Crippen molar-refractivity contribution in [2.45, 2.75) is 314 Å². The van der Waals surface area contributed by atoms with E-state index in [4.69, 9.17) is 64.9 Å². The summed E-state index contributed by atoms with van der Waals surface area (Å²) >= 11 is 0. The summed E-state index contributed by atoms with van der Waals surface area (Å²) in [5, 5.41) is 4.15. The van der Waals surface area contributed by atoms with Gasteiger partial charge in [-0.25, -0.2) is 9.97 Å². The Balaban J connectivity index is 0.894. The van der Waals surface area contributed by atoms with Gasteiger partial charge >= 0.3 is 0 Å². The number of carbonyl (C=O) groups is 1. The first-order valence-electron chi connectivity index (χ1n) is 42.0. The lowest BCUT2D eigenvalue weighted by molar-refractivity contribution is -0.297. The summed E-state index contributed by atoms with van der Waals surface area (Å²) < 4.78 is 85.0. The standard InChI is InChI=1S/C93H136N2O13Si4/c1-23-109(24-2,25-3)108-90-70(13)83(104-89(71(90)14)69(12)54-72-62-99-88(94-72)60-93(98-22)59-77(97-21)58-85(105-93)86(53-68(11)61-96)107-112(92(18,19)20,80-43-34-28-35-44-80)81-45-36-29-37-46-81)47-38-48-87-95-82(63-100-87)84-57-76(106-111(91(15,16)17,78-39-30-26-31-40-78)79-41-32-27-33-42-79)56-75(103-84)55-74-52-67(10)51-73(102-74)49-50-101-110(64(4)5,65(6)7)66(8)9/h26-46,48,53-54,61-66,70-71,73-77,83-86,89-90H,10,23-25,47,49-52,55-60H2,1-9,11-22H3/b48-38+,68-53+,69-54+/t70-,71-,73-,74+,75+,76+,77+,83+,84+,85+,86+,89-,90-,93-/m0/s1. The fraction of sp³-hybridized carbons (Fsp3) is 0.581. The van der Waals surface area contributed by atoms with Gasteiger partial charge in [0.05, 0.1) is 67.5 Å². The Morgan fingerprint density at radius 3 is 1.75 bits per heavy atom. The lowest BCUT2D eigenvalue weighted by Crippen LogP contribution is -2.69. The highest BCUT2D eigenvalue weighted by Crippen LogP contribution is 2.48. The quantitative estimate of drug-likeness (QED) is 0.0160. The highest BCUT2D eigenvalue weighted by molar-refractivity contribution is 7.00. The maximum Gasteiger partial charge on any atom is 0.262 e. The first kappa shape index (κ1) is 88.8. The minimum atomic E-state index is -3.17. The number of aromatic nitrogens is 2. The third-order valence-electron chi connectivity index (χ3n) is 25.4. The molecule has 4 fully saturated rings. The number of hydrogen-bond donors (Lipinski definition) is 0.